The molecule has 2 unspecified atom stereocenters. The van der Waals surface area contributed by atoms with E-state index in [4.69, 9.17) is 9.84 Å². The lowest BCUT2D eigenvalue weighted by molar-refractivity contribution is -0.147. The van der Waals surface area contributed by atoms with E-state index < -0.39 is 13.7 Å². The first-order chi connectivity index (χ1) is 9.17. The lowest BCUT2D eigenvalue weighted by Gasteiger charge is -2.11. The van der Waals surface area contributed by atoms with Crippen LogP contribution in [-0.2, 0) is 20.5 Å². The number of esters is 1. The van der Waals surface area contributed by atoms with E-state index in [1.807, 2.05) is 30.3 Å². The van der Waals surface area contributed by atoms with Crippen molar-refractivity contribution in [2.75, 3.05) is 19.1 Å². The van der Waals surface area contributed by atoms with Crippen molar-refractivity contribution in [3.05, 3.63) is 35.9 Å². The molecule has 0 heterocycles. The molecule has 1 rings (SSSR count). The zero-order valence-electron chi connectivity index (χ0n) is 11.1. The van der Waals surface area contributed by atoms with Crippen LogP contribution in [0.4, 0.5) is 0 Å². The third-order valence-electron chi connectivity index (χ3n) is 2.83. The maximum Gasteiger partial charge on any atom is 0.367 e. The predicted octanol–water partition coefficient (Wildman–Crippen LogP) is 2.58. The second kappa shape index (κ2) is 8.78. The number of carbonyl (C=O) groups is 1. The number of aryl methyl sites for hydroxylation is 1. The first-order valence-corrected chi connectivity index (χ1v) is 8.03. The summed E-state index contributed by atoms with van der Waals surface area (Å²) in [4.78, 5) is 11.8. The van der Waals surface area contributed by atoms with Crippen molar-refractivity contribution >= 4 is 13.8 Å². The van der Waals surface area contributed by atoms with Crippen molar-refractivity contribution in [3.8, 4) is 0 Å². The van der Waals surface area contributed by atoms with E-state index in [9.17, 15) is 9.36 Å². The summed E-state index contributed by atoms with van der Waals surface area (Å²) >= 11 is 0. The van der Waals surface area contributed by atoms with E-state index in [2.05, 4.69) is 0 Å². The van der Waals surface area contributed by atoms with Crippen molar-refractivity contribution in [2.24, 2.45) is 5.92 Å². The number of aliphatic hydroxyl groups is 1. The number of hydrogen-bond acceptors (Lipinski definition) is 4. The fourth-order valence-corrected chi connectivity index (χ4v) is 2.77. The zero-order valence-corrected chi connectivity index (χ0v) is 12.0. The van der Waals surface area contributed by atoms with Crippen LogP contribution in [0.3, 0.4) is 0 Å². The molecule has 2 atom stereocenters. The Morgan fingerprint density at radius 3 is 2.63 bits per heavy atom. The summed E-state index contributed by atoms with van der Waals surface area (Å²) in [5.74, 6) is -0.730. The van der Waals surface area contributed by atoms with Gasteiger partial charge in [-0.2, -0.15) is 0 Å². The molecule has 0 saturated carbocycles. The molecular weight excluding hydrogens is 263 g/mol. The Kier molecular flexibility index (Phi) is 7.31. The fourth-order valence-electron chi connectivity index (χ4n) is 1.83. The van der Waals surface area contributed by atoms with Gasteiger partial charge in [0.05, 0.1) is 6.61 Å². The molecule has 104 valence electrons. The molecule has 0 amide bonds. The second-order valence-corrected chi connectivity index (χ2v) is 5.89. The van der Waals surface area contributed by atoms with Crippen molar-refractivity contribution in [1.29, 1.82) is 0 Å². The number of benzene rings is 1. The van der Waals surface area contributed by atoms with Crippen LogP contribution in [0.2, 0.25) is 0 Å². The molecule has 0 bridgehead atoms. The molecule has 1 N–H and O–H groups in total. The maximum absolute atomic E-state index is 11.8. The Labute approximate surface area is 114 Å². The summed E-state index contributed by atoms with van der Waals surface area (Å²) in [6.45, 7) is 2.06. The van der Waals surface area contributed by atoms with Crippen LogP contribution in [-0.4, -0.2) is 30.2 Å². The molecule has 0 aromatic heterocycles. The Morgan fingerprint density at radius 1 is 1.37 bits per heavy atom. The predicted molar refractivity (Wildman–Crippen MR) is 74.4 cm³/mol. The molecule has 19 heavy (non-hydrogen) atoms. The maximum atomic E-state index is 11.8. The van der Waals surface area contributed by atoms with Gasteiger partial charge in [-0.15, -0.1) is 0 Å². The molecule has 1 aromatic rings. The first kappa shape index (κ1) is 15.8. The highest BCUT2D eigenvalue weighted by atomic mass is 31.1. The van der Waals surface area contributed by atoms with Gasteiger partial charge < -0.3 is 9.84 Å². The molecule has 0 radical (unpaired) electrons. The first-order valence-electron chi connectivity index (χ1n) is 6.40. The highest BCUT2D eigenvalue weighted by Crippen LogP contribution is 2.26. The Hall–Kier alpha value is -1.25. The zero-order chi connectivity index (χ0) is 14.1. The number of rotatable bonds is 8. The molecule has 0 aliphatic rings. The Balaban J connectivity index is 2.58. The lowest BCUT2D eigenvalue weighted by Crippen LogP contribution is -2.21. The smallest absolute Gasteiger partial charge is 0.367 e. The van der Waals surface area contributed by atoms with Gasteiger partial charge in [0.2, 0.25) is 6.35 Å². The third-order valence-corrected chi connectivity index (χ3v) is 3.99. The van der Waals surface area contributed by atoms with Crippen LogP contribution in [0.15, 0.2) is 30.3 Å². The standard InChI is InChI=1S/C14H20O4P/c1-2-18-14(16)13(10-19(17)11-15)9-8-12-6-4-3-5-7-12/h3-7,13,15H,2,8-11H2,1H3/q+1. The normalized spacial score (nSPS) is 12.8. The van der Waals surface area contributed by atoms with Crippen LogP contribution in [0, 0.1) is 5.92 Å². The summed E-state index contributed by atoms with van der Waals surface area (Å²) in [5.41, 5.74) is 1.14. The molecule has 0 aliphatic carbocycles. The third kappa shape index (κ3) is 5.95. The minimum Gasteiger partial charge on any atom is -0.466 e. The Bertz CT molecular complexity index is 405. The Morgan fingerprint density at radius 2 is 2.05 bits per heavy atom. The van der Waals surface area contributed by atoms with Crippen molar-refractivity contribution in [1.82, 2.24) is 0 Å². The van der Waals surface area contributed by atoms with E-state index in [0.717, 1.165) is 12.0 Å². The van der Waals surface area contributed by atoms with Gasteiger partial charge in [-0.1, -0.05) is 34.9 Å². The summed E-state index contributed by atoms with van der Waals surface area (Å²) in [7, 11) is -1.74. The van der Waals surface area contributed by atoms with E-state index in [-0.39, 0.29) is 18.5 Å². The average Bonchev–Trinajstić information content (AvgIpc) is 2.44. The molecule has 0 fully saturated rings. The molecule has 5 heteroatoms. The van der Waals surface area contributed by atoms with Gasteiger partial charge in [-0.3, -0.25) is 4.79 Å². The quantitative estimate of drug-likeness (QED) is 0.588. The molecule has 0 saturated heterocycles. The van der Waals surface area contributed by atoms with E-state index in [1.54, 1.807) is 6.92 Å². The van der Waals surface area contributed by atoms with Crippen molar-refractivity contribution < 1.29 is 19.2 Å². The number of carbonyl (C=O) groups excluding carboxylic acids is 1. The monoisotopic (exact) mass is 283 g/mol. The van der Waals surface area contributed by atoms with Gasteiger partial charge in [0, 0.05) is 0 Å². The van der Waals surface area contributed by atoms with Crippen molar-refractivity contribution in [3.63, 3.8) is 0 Å². The molecule has 0 spiro atoms. The van der Waals surface area contributed by atoms with E-state index in [0.29, 0.717) is 13.0 Å². The minimum absolute atomic E-state index is 0.192. The van der Waals surface area contributed by atoms with Crippen LogP contribution in [0.1, 0.15) is 18.9 Å². The van der Waals surface area contributed by atoms with Crippen molar-refractivity contribution in [2.45, 2.75) is 19.8 Å². The van der Waals surface area contributed by atoms with Gasteiger partial charge in [-0.05, 0) is 25.3 Å². The van der Waals surface area contributed by atoms with Gasteiger partial charge in [-0.25, -0.2) is 0 Å². The summed E-state index contributed by atoms with van der Waals surface area (Å²) in [6.07, 6.45) is 1.14. The number of aliphatic hydroxyl groups excluding tert-OH is 1. The van der Waals surface area contributed by atoms with Gasteiger partial charge in [0.25, 0.3) is 0 Å². The van der Waals surface area contributed by atoms with Crippen LogP contribution >= 0.6 is 7.80 Å². The highest BCUT2D eigenvalue weighted by Gasteiger charge is 2.29. The molecule has 1 aromatic carbocycles. The second-order valence-electron chi connectivity index (χ2n) is 4.28. The van der Waals surface area contributed by atoms with Crippen LogP contribution < -0.4 is 0 Å². The highest BCUT2D eigenvalue weighted by molar-refractivity contribution is 7.44. The molecular formula is C14H20O4P+. The van der Waals surface area contributed by atoms with Crippen LogP contribution in [0.5, 0.6) is 0 Å². The topological polar surface area (TPSA) is 63.6 Å². The van der Waals surface area contributed by atoms with Gasteiger partial charge in [0.1, 0.15) is 5.92 Å². The number of hydrogen-bond donors (Lipinski definition) is 1. The molecule has 4 nitrogen and oxygen atoms in total. The fraction of sp³-hybridized carbons (Fsp3) is 0.500. The van der Waals surface area contributed by atoms with E-state index >= 15 is 0 Å². The number of ether oxygens (including phenoxy) is 1. The average molecular weight is 283 g/mol. The van der Waals surface area contributed by atoms with Gasteiger partial charge in [0.15, 0.2) is 6.16 Å². The van der Waals surface area contributed by atoms with Gasteiger partial charge >= 0.3 is 13.8 Å². The summed E-state index contributed by atoms with van der Waals surface area (Å²) < 4.78 is 16.4. The van der Waals surface area contributed by atoms with Crippen LogP contribution in [0.25, 0.3) is 0 Å². The SMILES string of the molecule is CCOC(=O)C(CCc1ccccc1)C[P+](=O)CO. The molecule has 0 aliphatic heterocycles. The summed E-state index contributed by atoms with van der Waals surface area (Å²) in [6, 6.07) is 9.82. The lowest BCUT2D eigenvalue weighted by atomic mass is 10.0. The largest absolute Gasteiger partial charge is 0.466 e. The minimum atomic E-state index is -1.74. The summed E-state index contributed by atoms with van der Waals surface area (Å²) in [5, 5.41) is 8.84. The van der Waals surface area contributed by atoms with E-state index in [1.165, 1.54) is 0 Å².